The molecule has 0 amide bonds. The van der Waals surface area contributed by atoms with Crippen LogP contribution in [0.5, 0.6) is 0 Å². The molecule has 1 fully saturated rings. The molecule has 1 saturated heterocycles. The molecule has 3 aromatic rings. The van der Waals surface area contributed by atoms with E-state index in [9.17, 15) is 9.18 Å². The fourth-order valence-corrected chi connectivity index (χ4v) is 4.92. The summed E-state index contributed by atoms with van der Waals surface area (Å²) in [7, 11) is 0. The van der Waals surface area contributed by atoms with Crippen LogP contribution in [0.3, 0.4) is 0 Å². The van der Waals surface area contributed by atoms with E-state index in [-0.39, 0.29) is 11.4 Å². The highest BCUT2D eigenvalue weighted by molar-refractivity contribution is 5.86. The third kappa shape index (κ3) is 6.98. The molecule has 204 valence electrons. The van der Waals surface area contributed by atoms with E-state index in [4.69, 9.17) is 4.99 Å². The lowest BCUT2D eigenvalue weighted by Crippen LogP contribution is -2.56. The topological polar surface area (TPSA) is 74.5 Å². The lowest BCUT2D eigenvalue weighted by molar-refractivity contribution is 0.291. The van der Waals surface area contributed by atoms with E-state index in [1.807, 2.05) is 25.1 Å². The van der Waals surface area contributed by atoms with E-state index in [1.165, 1.54) is 18.9 Å². The van der Waals surface area contributed by atoms with Crippen LogP contribution in [0.15, 0.2) is 52.5 Å². The van der Waals surface area contributed by atoms with Crippen molar-refractivity contribution in [2.75, 3.05) is 19.6 Å². The number of unbranched alkanes of at least 4 members (excludes halogenated alkanes) is 1. The molecule has 4 rings (SSSR count). The van der Waals surface area contributed by atoms with Crippen molar-refractivity contribution in [2.24, 2.45) is 4.99 Å². The molecule has 0 aliphatic carbocycles. The number of piperazine rings is 1. The summed E-state index contributed by atoms with van der Waals surface area (Å²) in [6.45, 7) is 11.5. The summed E-state index contributed by atoms with van der Waals surface area (Å²) in [6.07, 6.45) is 6.48. The van der Waals surface area contributed by atoms with Crippen LogP contribution < -0.4 is 16.2 Å². The number of hydrogen-bond acceptors (Lipinski definition) is 4. The third-order valence-corrected chi connectivity index (χ3v) is 7.27. The highest BCUT2D eigenvalue weighted by Gasteiger charge is 2.21. The molecule has 7 nitrogen and oxygen atoms in total. The maximum Gasteiger partial charge on any atom is 0.261 e. The second kappa shape index (κ2) is 13.0. The lowest BCUT2D eigenvalue weighted by atomic mass is 10.1. The maximum atomic E-state index is 14.2. The SMILES string of the molecule is CCCC[C@H](CC)NC(=Nc1ccc2c(=O)n(CCc3ccc(C)cc3F)cnc2c1)N1CCN[C@@H](C)C1. The van der Waals surface area contributed by atoms with E-state index in [0.29, 0.717) is 41.5 Å². The second-order valence-electron chi connectivity index (χ2n) is 10.4. The number of hydrogen-bond donors (Lipinski definition) is 2. The van der Waals surface area contributed by atoms with Crippen molar-refractivity contribution in [3.8, 4) is 0 Å². The normalized spacial score (nSPS) is 17.1. The summed E-state index contributed by atoms with van der Waals surface area (Å²) in [5.41, 5.74) is 2.73. The third-order valence-electron chi connectivity index (χ3n) is 7.27. The van der Waals surface area contributed by atoms with Crippen LogP contribution >= 0.6 is 0 Å². The summed E-state index contributed by atoms with van der Waals surface area (Å²) in [6, 6.07) is 11.5. The Bertz CT molecular complexity index is 1320. The monoisotopic (exact) mass is 520 g/mol. The van der Waals surface area contributed by atoms with Crippen LogP contribution in [0, 0.1) is 12.7 Å². The van der Waals surface area contributed by atoms with Gasteiger partial charge in [-0.25, -0.2) is 14.4 Å². The number of aliphatic imine (C=N–C) groups is 1. The molecule has 0 bridgehead atoms. The minimum absolute atomic E-state index is 0.127. The highest BCUT2D eigenvalue weighted by Crippen LogP contribution is 2.19. The van der Waals surface area contributed by atoms with E-state index >= 15 is 0 Å². The van der Waals surface area contributed by atoms with Gasteiger partial charge in [0.1, 0.15) is 5.82 Å². The van der Waals surface area contributed by atoms with Crippen LogP contribution in [-0.2, 0) is 13.0 Å². The molecule has 2 atom stereocenters. The van der Waals surface area contributed by atoms with Gasteiger partial charge >= 0.3 is 0 Å². The highest BCUT2D eigenvalue weighted by atomic mass is 19.1. The Balaban J connectivity index is 1.58. The zero-order valence-corrected chi connectivity index (χ0v) is 23.1. The Morgan fingerprint density at radius 1 is 1.26 bits per heavy atom. The molecule has 8 heteroatoms. The number of halogens is 1. The van der Waals surface area contributed by atoms with Gasteiger partial charge in [0.15, 0.2) is 5.96 Å². The first-order valence-corrected chi connectivity index (χ1v) is 14.0. The molecule has 1 aliphatic rings. The molecule has 1 aromatic heterocycles. The molecule has 2 aromatic carbocycles. The van der Waals surface area contributed by atoms with Crippen LogP contribution in [0.2, 0.25) is 0 Å². The first-order chi connectivity index (χ1) is 18.4. The minimum Gasteiger partial charge on any atom is -0.353 e. The van der Waals surface area contributed by atoms with Crippen LogP contribution in [0.4, 0.5) is 10.1 Å². The van der Waals surface area contributed by atoms with E-state index in [2.05, 4.69) is 41.3 Å². The predicted octanol–water partition coefficient (Wildman–Crippen LogP) is 4.93. The number of aryl methyl sites for hydroxylation is 3. The van der Waals surface area contributed by atoms with Gasteiger partial charge < -0.3 is 15.5 Å². The van der Waals surface area contributed by atoms with Crippen molar-refractivity contribution in [3.05, 3.63) is 70.0 Å². The van der Waals surface area contributed by atoms with Gasteiger partial charge in [-0.15, -0.1) is 0 Å². The average Bonchev–Trinajstić information content (AvgIpc) is 2.91. The van der Waals surface area contributed by atoms with Crippen molar-refractivity contribution >= 4 is 22.5 Å². The van der Waals surface area contributed by atoms with Crippen molar-refractivity contribution < 1.29 is 4.39 Å². The first kappa shape index (κ1) is 27.8. The Morgan fingerprint density at radius 2 is 2.11 bits per heavy atom. The summed E-state index contributed by atoms with van der Waals surface area (Å²) in [5, 5.41) is 7.76. The maximum absolute atomic E-state index is 14.2. The van der Waals surface area contributed by atoms with Gasteiger partial charge in [0.05, 0.1) is 22.9 Å². The molecular weight excluding hydrogens is 479 g/mol. The quantitative estimate of drug-likeness (QED) is 0.309. The van der Waals surface area contributed by atoms with Crippen molar-refractivity contribution in [1.82, 2.24) is 25.1 Å². The van der Waals surface area contributed by atoms with Gasteiger partial charge in [-0.05, 0) is 68.5 Å². The number of benzene rings is 2. The standard InChI is InChI=1S/C30H41FN6O/c1-5-7-8-24(6-2)34-30(36-16-14-32-22(4)19-36)35-25-11-12-26-28(18-25)33-20-37(29(26)38)15-13-23-10-9-21(3)17-27(23)31/h9-12,17-18,20,22,24,32H,5-8,13-16,19H2,1-4H3,(H,34,35)/t22-,24-/m0/s1. The minimum atomic E-state index is -0.238. The summed E-state index contributed by atoms with van der Waals surface area (Å²) in [5.74, 6) is 0.645. The summed E-state index contributed by atoms with van der Waals surface area (Å²) < 4.78 is 15.8. The molecule has 38 heavy (non-hydrogen) atoms. The fourth-order valence-electron chi connectivity index (χ4n) is 4.92. The Labute approximate surface area is 225 Å². The number of aromatic nitrogens is 2. The Kier molecular flexibility index (Phi) is 9.50. The smallest absolute Gasteiger partial charge is 0.261 e. The van der Waals surface area contributed by atoms with Gasteiger partial charge in [-0.1, -0.05) is 38.8 Å². The molecule has 0 radical (unpaired) electrons. The number of nitrogens with one attached hydrogen (secondary N) is 2. The summed E-state index contributed by atoms with van der Waals surface area (Å²) >= 11 is 0. The van der Waals surface area contributed by atoms with E-state index in [0.717, 1.165) is 49.7 Å². The van der Waals surface area contributed by atoms with Crippen LogP contribution in [0.25, 0.3) is 10.9 Å². The van der Waals surface area contributed by atoms with Crippen molar-refractivity contribution in [1.29, 1.82) is 0 Å². The number of rotatable bonds is 9. The van der Waals surface area contributed by atoms with Gasteiger partial charge in [-0.2, -0.15) is 0 Å². The largest absolute Gasteiger partial charge is 0.353 e. The molecule has 0 saturated carbocycles. The molecule has 1 aliphatic heterocycles. The first-order valence-electron chi connectivity index (χ1n) is 14.0. The molecule has 2 N–H and O–H groups in total. The Morgan fingerprint density at radius 3 is 2.84 bits per heavy atom. The zero-order chi connectivity index (χ0) is 27.1. The van der Waals surface area contributed by atoms with Crippen molar-refractivity contribution in [3.63, 3.8) is 0 Å². The number of guanidine groups is 1. The van der Waals surface area contributed by atoms with Gasteiger partial charge in [-0.3, -0.25) is 9.36 Å². The molecular formula is C30H41FN6O. The average molecular weight is 521 g/mol. The predicted molar refractivity (Wildman–Crippen MR) is 154 cm³/mol. The Hall–Kier alpha value is -3.26. The fraction of sp³-hybridized carbons (Fsp3) is 0.500. The molecule has 2 heterocycles. The van der Waals surface area contributed by atoms with E-state index < -0.39 is 0 Å². The van der Waals surface area contributed by atoms with E-state index in [1.54, 1.807) is 23.0 Å². The zero-order valence-electron chi connectivity index (χ0n) is 23.1. The number of fused-ring (bicyclic) bond motifs is 1. The molecule has 0 spiro atoms. The van der Waals surface area contributed by atoms with Crippen LogP contribution in [0.1, 0.15) is 57.6 Å². The van der Waals surface area contributed by atoms with Crippen molar-refractivity contribution in [2.45, 2.75) is 78.4 Å². The van der Waals surface area contributed by atoms with Gasteiger partial charge in [0.25, 0.3) is 5.56 Å². The van der Waals surface area contributed by atoms with Crippen LogP contribution in [-0.4, -0.2) is 52.1 Å². The van der Waals surface area contributed by atoms with Gasteiger partial charge in [0, 0.05) is 38.3 Å². The molecule has 0 unspecified atom stereocenters. The summed E-state index contributed by atoms with van der Waals surface area (Å²) in [4.78, 5) is 25.0. The lowest BCUT2D eigenvalue weighted by Gasteiger charge is -2.36. The number of nitrogens with zero attached hydrogens (tertiary/aromatic N) is 4. The van der Waals surface area contributed by atoms with Gasteiger partial charge in [0.2, 0.25) is 0 Å². The second-order valence-corrected chi connectivity index (χ2v) is 10.4.